The third-order valence-electron chi connectivity index (χ3n) is 7.42. The van der Waals surface area contributed by atoms with Gasteiger partial charge in [0.1, 0.15) is 23.3 Å². The smallest absolute Gasteiger partial charge is 0.257 e. The maximum atomic E-state index is 14.1. The van der Waals surface area contributed by atoms with Crippen LogP contribution in [0.1, 0.15) is 29.7 Å². The maximum Gasteiger partial charge on any atom is 0.257 e. The minimum absolute atomic E-state index is 0.116. The Labute approximate surface area is 262 Å². The number of para-hydroxylation sites is 1. The predicted molar refractivity (Wildman–Crippen MR) is 177 cm³/mol. The zero-order valence-corrected chi connectivity index (χ0v) is 26.8. The van der Waals surface area contributed by atoms with Gasteiger partial charge in [0.25, 0.3) is 5.91 Å². The monoisotopic (exact) mass is 615 g/mol. The summed E-state index contributed by atoms with van der Waals surface area (Å²) in [6.45, 7) is 5.67. The Morgan fingerprint density at radius 1 is 0.907 bits per heavy atom. The first-order chi connectivity index (χ1) is 21.0. The van der Waals surface area contributed by atoms with Crippen LogP contribution in [-0.2, 0) is 11.2 Å². The lowest BCUT2D eigenvalue weighted by atomic mass is 10.0. The number of methoxy groups -OCH3 is 3. The van der Waals surface area contributed by atoms with Crippen molar-refractivity contribution in [3.05, 3.63) is 102 Å². The van der Waals surface area contributed by atoms with Crippen molar-refractivity contribution in [2.45, 2.75) is 36.1 Å². The first-order valence-electron chi connectivity index (χ1n) is 14.2. The highest BCUT2D eigenvalue weighted by atomic mass is 32.2. The van der Waals surface area contributed by atoms with E-state index < -0.39 is 6.04 Å². The molecule has 0 bridgehead atoms. The fourth-order valence-electron chi connectivity index (χ4n) is 5.34. The topological polar surface area (TPSA) is 63.3 Å². The molecule has 1 unspecified atom stereocenters. The SMILES string of the molecule is CCN(Sc1ccccc1OC)c1cccc2c1CCN2C(C(=O)NSc1ccc(C)cc1OC)c1cccc(OC)c1. The van der Waals surface area contributed by atoms with Crippen molar-refractivity contribution < 1.29 is 19.0 Å². The Kier molecular flexibility index (Phi) is 9.94. The van der Waals surface area contributed by atoms with E-state index in [2.05, 4.69) is 45.1 Å². The minimum atomic E-state index is -0.563. The number of nitrogens with zero attached hydrogens (tertiary/aromatic N) is 2. The van der Waals surface area contributed by atoms with Crippen molar-refractivity contribution >= 4 is 41.2 Å². The van der Waals surface area contributed by atoms with E-state index in [1.807, 2.05) is 67.6 Å². The second kappa shape index (κ2) is 14.0. The van der Waals surface area contributed by atoms with Gasteiger partial charge in [0, 0.05) is 24.3 Å². The number of amides is 1. The third-order valence-corrected chi connectivity index (χ3v) is 9.49. The summed E-state index contributed by atoms with van der Waals surface area (Å²) < 4.78 is 22.1. The lowest BCUT2D eigenvalue weighted by Gasteiger charge is -2.31. The van der Waals surface area contributed by atoms with Crippen molar-refractivity contribution in [3.8, 4) is 17.2 Å². The van der Waals surface area contributed by atoms with Crippen LogP contribution in [0.4, 0.5) is 11.4 Å². The van der Waals surface area contributed by atoms with Gasteiger partial charge in [-0.05, 0) is 104 Å². The van der Waals surface area contributed by atoms with E-state index in [1.54, 1.807) is 33.3 Å². The molecule has 43 heavy (non-hydrogen) atoms. The van der Waals surface area contributed by atoms with Gasteiger partial charge in [-0.3, -0.25) is 9.52 Å². The molecule has 1 heterocycles. The molecule has 5 rings (SSSR count). The van der Waals surface area contributed by atoms with Gasteiger partial charge >= 0.3 is 0 Å². The number of carbonyl (C=O) groups excluding carboxylic acids is 1. The molecule has 9 heteroatoms. The van der Waals surface area contributed by atoms with Gasteiger partial charge in [0.15, 0.2) is 0 Å². The molecule has 0 aromatic heterocycles. The van der Waals surface area contributed by atoms with Gasteiger partial charge in [0.05, 0.1) is 36.8 Å². The van der Waals surface area contributed by atoms with Crippen LogP contribution in [0.5, 0.6) is 17.2 Å². The summed E-state index contributed by atoms with van der Waals surface area (Å²) >= 11 is 2.94. The van der Waals surface area contributed by atoms with Gasteiger partial charge < -0.3 is 23.4 Å². The summed E-state index contributed by atoms with van der Waals surface area (Å²) in [5, 5.41) is 0. The van der Waals surface area contributed by atoms with E-state index in [0.717, 1.165) is 56.8 Å². The number of rotatable bonds is 12. The molecule has 0 saturated heterocycles. The number of hydrogen-bond donors (Lipinski definition) is 1. The zero-order valence-electron chi connectivity index (χ0n) is 25.1. The van der Waals surface area contributed by atoms with E-state index in [-0.39, 0.29) is 5.91 Å². The summed E-state index contributed by atoms with van der Waals surface area (Å²) in [7, 11) is 4.98. The van der Waals surface area contributed by atoms with Gasteiger partial charge in [0.2, 0.25) is 0 Å². The van der Waals surface area contributed by atoms with Crippen LogP contribution < -0.4 is 28.1 Å². The second-order valence-electron chi connectivity index (χ2n) is 10.1. The average Bonchev–Trinajstić information content (AvgIpc) is 3.47. The number of fused-ring (bicyclic) bond motifs is 1. The number of hydrogen-bond acceptors (Lipinski definition) is 8. The van der Waals surface area contributed by atoms with Crippen LogP contribution in [0.3, 0.4) is 0 Å². The van der Waals surface area contributed by atoms with E-state index in [1.165, 1.54) is 17.5 Å². The highest BCUT2D eigenvalue weighted by Gasteiger charge is 2.34. The van der Waals surface area contributed by atoms with Crippen molar-refractivity contribution in [3.63, 3.8) is 0 Å². The summed E-state index contributed by atoms with van der Waals surface area (Å²) in [6.07, 6.45) is 0.821. The zero-order chi connectivity index (χ0) is 30.3. The number of anilines is 2. The average molecular weight is 616 g/mol. The Morgan fingerprint density at radius 2 is 1.70 bits per heavy atom. The molecule has 4 aromatic rings. The number of nitrogens with one attached hydrogen (secondary N) is 1. The Hall–Kier alpha value is -3.95. The van der Waals surface area contributed by atoms with Crippen LogP contribution in [0.15, 0.2) is 94.7 Å². The van der Waals surface area contributed by atoms with Crippen LogP contribution in [-0.4, -0.2) is 40.3 Å². The van der Waals surface area contributed by atoms with Crippen LogP contribution in [0.25, 0.3) is 0 Å². The van der Waals surface area contributed by atoms with Gasteiger partial charge in [-0.2, -0.15) is 0 Å². The van der Waals surface area contributed by atoms with Crippen LogP contribution >= 0.6 is 23.9 Å². The number of aryl methyl sites for hydroxylation is 1. The summed E-state index contributed by atoms with van der Waals surface area (Å²) in [6, 6.07) is 27.6. The number of benzene rings is 4. The first-order valence-corrected chi connectivity index (χ1v) is 15.8. The molecule has 4 aromatic carbocycles. The maximum absolute atomic E-state index is 14.1. The molecular formula is C34H37N3O4S2. The van der Waals surface area contributed by atoms with Crippen molar-refractivity contribution in [2.75, 3.05) is 43.6 Å². The largest absolute Gasteiger partial charge is 0.497 e. The summed E-state index contributed by atoms with van der Waals surface area (Å²) in [4.78, 5) is 18.2. The van der Waals surface area contributed by atoms with Gasteiger partial charge in [-0.1, -0.05) is 36.4 Å². The highest BCUT2D eigenvalue weighted by Crippen LogP contribution is 2.44. The van der Waals surface area contributed by atoms with Crippen molar-refractivity contribution in [1.82, 2.24) is 4.72 Å². The molecule has 1 amide bonds. The second-order valence-corrected chi connectivity index (χ2v) is 12.0. The fourth-order valence-corrected chi connectivity index (χ4v) is 7.06. The van der Waals surface area contributed by atoms with Crippen molar-refractivity contribution in [2.24, 2.45) is 0 Å². The predicted octanol–water partition coefficient (Wildman–Crippen LogP) is 7.48. The Balaban J connectivity index is 1.47. The molecular weight excluding hydrogens is 579 g/mol. The molecule has 1 atom stereocenters. The normalized spacial score (nSPS) is 12.8. The summed E-state index contributed by atoms with van der Waals surface area (Å²) in [5.41, 5.74) is 5.37. The molecule has 0 spiro atoms. The third kappa shape index (κ3) is 6.68. The van der Waals surface area contributed by atoms with Crippen molar-refractivity contribution in [1.29, 1.82) is 0 Å². The standard InChI is InChI=1S/C34H37N3O4S2/c1-6-37(43-32-16-8-7-15-29(32)40-4)28-14-10-13-27-26(28)19-20-36(27)33(24-11-9-12-25(22-24)39-3)34(38)35-42-31-18-17-23(2)21-30(31)41-5/h7-18,21-22,33H,6,19-20H2,1-5H3,(H,35,38). The molecule has 0 saturated carbocycles. The summed E-state index contributed by atoms with van der Waals surface area (Å²) in [5.74, 6) is 2.17. The minimum Gasteiger partial charge on any atom is -0.497 e. The molecule has 1 aliphatic heterocycles. The fraction of sp³-hybridized carbons (Fsp3) is 0.265. The van der Waals surface area contributed by atoms with Gasteiger partial charge in [-0.25, -0.2) is 0 Å². The van der Waals surface area contributed by atoms with Crippen LogP contribution in [0.2, 0.25) is 0 Å². The Bertz CT molecular complexity index is 1580. The Morgan fingerprint density at radius 3 is 2.47 bits per heavy atom. The van der Waals surface area contributed by atoms with E-state index in [4.69, 9.17) is 14.2 Å². The lowest BCUT2D eigenvalue weighted by molar-refractivity contribution is -0.120. The molecule has 224 valence electrons. The lowest BCUT2D eigenvalue weighted by Crippen LogP contribution is -2.37. The first kappa shape index (κ1) is 30.5. The highest BCUT2D eigenvalue weighted by molar-refractivity contribution is 8.00. The van der Waals surface area contributed by atoms with E-state index in [9.17, 15) is 4.79 Å². The molecule has 0 fully saturated rings. The van der Waals surface area contributed by atoms with Gasteiger partial charge in [-0.15, -0.1) is 0 Å². The molecule has 1 N–H and O–H groups in total. The molecule has 0 aliphatic carbocycles. The van der Waals surface area contributed by atoms with Crippen LogP contribution in [0, 0.1) is 6.92 Å². The number of carbonyl (C=O) groups is 1. The van der Waals surface area contributed by atoms with E-state index in [0.29, 0.717) is 12.3 Å². The molecule has 1 aliphatic rings. The van der Waals surface area contributed by atoms with E-state index >= 15 is 0 Å². The molecule has 0 radical (unpaired) electrons. The number of ether oxygens (including phenoxy) is 3. The quantitative estimate of drug-likeness (QED) is 0.165. The molecule has 7 nitrogen and oxygen atoms in total.